The van der Waals surface area contributed by atoms with Crippen LogP contribution in [0.4, 0.5) is 0 Å². The van der Waals surface area contributed by atoms with Gasteiger partial charge < -0.3 is 5.32 Å². The van der Waals surface area contributed by atoms with E-state index in [1.54, 1.807) is 10.7 Å². The van der Waals surface area contributed by atoms with Crippen LogP contribution in [-0.2, 0) is 23.3 Å². The Morgan fingerprint density at radius 2 is 1.91 bits per heavy atom. The Labute approximate surface area is 139 Å². The molecular formula is C15H18Cl2N4O. The molecule has 0 spiro atoms. The topological polar surface area (TPSA) is 59.8 Å². The summed E-state index contributed by atoms with van der Waals surface area (Å²) < 4.78 is 1.74. The molecular weight excluding hydrogens is 323 g/mol. The van der Waals surface area contributed by atoms with Gasteiger partial charge in [-0.25, -0.2) is 0 Å². The highest BCUT2D eigenvalue weighted by molar-refractivity contribution is 6.34. The highest BCUT2D eigenvalue weighted by Crippen LogP contribution is 2.20. The number of rotatable bonds is 5. The van der Waals surface area contributed by atoms with E-state index in [9.17, 15) is 4.79 Å². The van der Waals surface area contributed by atoms with E-state index in [2.05, 4.69) is 15.6 Å². The molecule has 0 atom stereocenters. The van der Waals surface area contributed by atoms with Crippen molar-refractivity contribution in [3.05, 3.63) is 45.7 Å². The summed E-state index contributed by atoms with van der Waals surface area (Å²) in [4.78, 5) is 11.2. The lowest BCUT2D eigenvalue weighted by atomic mass is 10.0. The number of benzene rings is 1. The molecule has 0 saturated carbocycles. The Hall–Kier alpha value is -1.59. The average Bonchev–Trinajstić information content (AvgIpc) is 2.83. The lowest BCUT2D eigenvalue weighted by molar-refractivity contribution is -0.120. The maximum Gasteiger partial charge on any atom is 0.217 e. The number of aromatic nitrogens is 3. The molecule has 22 heavy (non-hydrogen) atoms. The van der Waals surface area contributed by atoms with Crippen LogP contribution in [0.25, 0.3) is 0 Å². The van der Waals surface area contributed by atoms with Gasteiger partial charge in [0.2, 0.25) is 5.91 Å². The monoisotopic (exact) mass is 340 g/mol. The lowest BCUT2D eigenvalue weighted by Crippen LogP contribution is -2.40. The van der Waals surface area contributed by atoms with Gasteiger partial charge in [-0.15, -0.1) is 5.10 Å². The van der Waals surface area contributed by atoms with Crippen LogP contribution < -0.4 is 5.32 Å². The van der Waals surface area contributed by atoms with Gasteiger partial charge in [0, 0.05) is 23.5 Å². The first-order valence-corrected chi connectivity index (χ1v) is 7.66. The SMILES string of the molecule is CC(=O)NC(C)(C)c1cn(CCc2cc(Cl)cc(Cl)c2)nn1. The first-order chi connectivity index (χ1) is 10.3. The third-order valence-corrected chi connectivity index (χ3v) is 3.66. The fourth-order valence-corrected chi connectivity index (χ4v) is 2.77. The molecule has 0 bridgehead atoms. The number of carbonyl (C=O) groups excluding carboxylic acids is 1. The van der Waals surface area contributed by atoms with Crippen molar-refractivity contribution >= 4 is 29.1 Å². The smallest absolute Gasteiger partial charge is 0.217 e. The maximum atomic E-state index is 11.2. The van der Waals surface area contributed by atoms with Crippen LogP contribution >= 0.6 is 23.2 Å². The third kappa shape index (κ3) is 4.45. The number of aryl methyl sites for hydroxylation is 2. The molecule has 0 unspecified atom stereocenters. The van der Waals surface area contributed by atoms with Crippen molar-refractivity contribution < 1.29 is 4.79 Å². The van der Waals surface area contributed by atoms with E-state index in [-0.39, 0.29) is 5.91 Å². The molecule has 7 heteroatoms. The summed E-state index contributed by atoms with van der Waals surface area (Å²) in [6.45, 7) is 5.91. The molecule has 0 saturated heterocycles. The van der Waals surface area contributed by atoms with Crippen LogP contribution in [0.5, 0.6) is 0 Å². The van der Waals surface area contributed by atoms with E-state index in [0.29, 0.717) is 22.3 Å². The predicted octanol–water partition coefficient (Wildman–Crippen LogP) is 3.20. The summed E-state index contributed by atoms with van der Waals surface area (Å²) in [5.41, 5.74) is 1.20. The second-order valence-electron chi connectivity index (χ2n) is 5.70. The molecule has 118 valence electrons. The van der Waals surface area contributed by atoms with Gasteiger partial charge in [-0.05, 0) is 44.0 Å². The highest BCUT2D eigenvalue weighted by atomic mass is 35.5. The molecule has 0 aliphatic heterocycles. The minimum absolute atomic E-state index is 0.104. The summed E-state index contributed by atoms with van der Waals surface area (Å²) in [5, 5.41) is 12.3. The van der Waals surface area contributed by atoms with Crippen molar-refractivity contribution in [1.82, 2.24) is 20.3 Å². The Morgan fingerprint density at radius 3 is 2.50 bits per heavy atom. The standard InChI is InChI=1S/C15H18Cl2N4O/c1-10(22)18-15(2,3)14-9-21(20-19-14)5-4-11-6-12(16)8-13(17)7-11/h6-9H,4-5H2,1-3H3,(H,18,22). The quantitative estimate of drug-likeness (QED) is 0.909. The summed E-state index contributed by atoms with van der Waals surface area (Å²) in [5.74, 6) is -0.104. The van der Waals surface area contributed by atoms with Crippen molar-refractivity contribution in [2.75, 3.05) is 0 Å². The van der Waals surface area contributed by atoms with Gasteiger partial charge in [0.1, 0.15) is 5.69 Å². The van der Waals surface area contributed by atoms with Gasteiger partial charge in [-0.2, -0.15) is 0 Å². The second kappa shape index (κ2) is 6.67. The van der Waals surface area contributed by atoms with Crippen LogP contribution in [0, 0.1) is 0 Å². The summed E-state index contributed by atoms with van der Waals surface area (Å²) in [6, 6.07) is 5.47. The Balaban J connectivity index is 2.04. The molecule has 1 heterocycles. The predicted molar refractivity (Wildman–Crippen MR) is 87.0 cm³/mol. The fraction of sp³-hybridized carbons (Fsp3) is 0.400. The van der Waals surface area contributed by atoms with E-state index in [4.69, 9.17) is 23.2 Å². The molecule has 0 aliphatic rings. The van der Waals surface area contributed by atoms with Crippen LogP contribution in [0.15, 0.2) is 24.4 Å². The minimum Gasteiger partial charge on any atom is -0.346 e. The normalized spacial score (nSPS) is 11.5. The van der Waals surface area contributed by atoms with Gasteiger partial charge in [-0.3, -0.25) is 9.48 Å². The Morgan fingerprint density at radius 1 is 1.27 bits per heavy atom. The Kier molecular flexibility index (Phi) is 5.08. The van der Waals surface area contributed by atoms with Crippen LogP contribution in [0.1, 0.15) is 32.0 Å². The maximum absolute atomic E-state index is 11.2. The molecule has 1 aromatic carbocycles. The molecule has 5 nitrogen and oxygen atoms in total. The minimum atomic E-state index is -0.552. The largest absolute Gasteiger partial charge is 0.346 e. The molecule has 0 fully saturated rings. The summed E-state index contributed by atoms with van der Waals surface area (Å²) >= 11 is 12.0. The van der Waals surface area contributed by atoms with Gasteiger partial charge in [0.15, 0.2) is 0 Å². The molecule has 0 aliphatic carbocycles. The average molecular weight is 341 g/mol. The third-order valence-electron chi connectivity index (χ3n) is 3.22. The zero-order chi connectivity index (χ0) is 16.3. The van der Waals surface area contributed by atoms with Crippen molar-refractivity contribution in [3.8, 4) is 0 Å². The molecule has 2 rings (SSSR count). The molecule has 2 aromatic rings. The van der Waals surface area contributed by atoms with Crippen LogP contribution in [0.3, 0.4) is 0 Å². The van der Waals surface area contributed by atoms with E-state index >= 15 is 0 Å². The number of carbonyl (C=O) groups is 1. The van der Waals surface area contributed by atoms with Gasteiger partial charge in [-0.1, -0.05) is 28.4 Å². The summed E-state index contributed by atoms with van der Waals surface area (Å²) in [6.07, 6.45) is 2.58. The first-order valence-electron chi connectivity index (χ1n) is 6.90. The molecule has 1 amide bonds. The van der Waals surface area contributed by atoms with E-state index in [1.165, 1.54) is 6.92 Å². The van der Waals surface area contributed by atoms with Crippen LogP contribution in [0.2, 0.25) is 10.0 Å². The van der Waals surface area contributed by atoms with E-state index in [1.807, 2.05) is 32.2 Å². The zero-order valence-corrected chi connectivity index (χ0v) is 14.2. The molecule has 1 aromatic heterocycles. The highest BCUT2D eigenvalue weighted by Gasteiger charge is 2.24. The fourth-order valence-electron chi connectivity index (χ4n) is 2.20. The second-order valence-corrected chi connectivity index (χ2v) is 6.57. The zero-order valence-electron chi connectivity index (χ0n) is 12.7. The Bertz CT molecular complexity index is 662. The van der Waals surface area contributed by atoms with Crippen molar-refractivity contribution in [3.63, 3.8) is 0 Å². The van der Waals surface area contributed by atoms with Gasteiger partial charge in [0.05, 0.1) is 11.7 Å². The van der Waals surface area contributed by atoms with Crippen molar-refractivity contribution in [1.29, 1.82) is 0 Å². The number of halogens is 2. The molecule has 1 N–H and O–H groups in total. The number of nitrogens with one attached hydrogen (secondary N) is 1. The number of hydrogen-bond donors (Lipinski definition) is 1. The number of amides is 1. The van der Waals surface area contributed by atoms with Gasteiger partial charge >= 0.3 is 0 Å². The van der Waals surface area contributed by atoms with Crippen molar-refractivity contribution in [2.45, 2.75) is 39.3 Å². The van der Waals surface area contributed by atoms with Crippen LogP contribution in [-0.4, -0.2) is 20.9 Å². The number of nitrogens with zero attached hydrogens (tertiary/aromatic N) is 3. The number of hydrogen-bond acceptors (Lipinski definition) is 3. The lowest BCUT2D eigenvalue weighted by Gasteiger charge is -2.22. The first kappa shape index (κ1) is 16.8. The summed E-state index contributed by atoms with van der Waals surface area (Å²) in [7, 11) is 0. The van der Waals surface area contributed by atoms with Gasteiger partial charge in [0.25, 0.3) is 0 Å². The van der Waals surface area contributed by atoms with Crippen molar-refractivity contribution in [2.24, 2.45) is 0 Å². The molecule has 0 radical (unpaired) electrons. The van der Waals surface area contributed by atoms with E-state index < -0.39 is 5.54 Å². The van der Waals surface area contributed by atoms with E-state index in [0.717, 1.165) is 12.0 Å².